The van der Waals surface area contributed by atoms with Gasteiger partial charge in [0.15, 0.2) is 0 Å². The highest BCUT2D eigenvalue weighted by molar-refractivity contribution is 9.11. The molecule has 1 amide bonds. The van der Waals surface area contributed by atoms with Crippen LogP contribution in [0.3, 0.4) is 0 Å². The number of hydrogen-bond acceptors (Lipinski definition) is 4. The fraction of sp³-hybridized carbons (Fsp3) is 0.273. The molecule has 2 aromatic heterocycles. The van der Waals surface area contributed by atoms with Crippen LogP contribution in [0.2, 0.25) is 0 Å². The fourth-order valence-electron chi connectivity index (χ4n) is 1.45. The topological polar surface area (TPSA) is 33.2 Å². The lowest BCUT2D eigenvalue weighted by Crippen LogP contribution is -2.25. The van der Waals surface area contributed by atoms with Gasteiger partial charge in [-0.15, -0.1) is 22.7 Å². The highest BCUT2D eigenvalue weighted by Crippen LogP contribution is 2.22. The summed E-state index contributed by atoms with van der Waals surface area (Å²) in [5, 5.41) is 2.05. The quantitative estimate of drug-likeness (QED) is 0.862. The van der Waals surface area contributed by atoms with E-state index in [0.717, 1.165) is 19.9 Å². The molecule has 2 aromatic rings. The zero-order chi connectivity index (χ0) is 12.4. The Balaban J connectivity index is 2.08. The second-order valence-corrected chi connectivity index (χ2v) is 6.83. The number of nitrogens with zero attached hydrogens (tertiary/aromatic N) is 2. The van der Waals surface area contributed by atoms with Crippen LogP contribution in [0.4, 0.5) is 0 Å². The summed E-state index contributed by atoms with van der Waals surface area (Å²) < 4.78 is 1.09. The Kier molecular flexibility index (Phi) is 3.96. The molecule has 3 nitrogen and oxygen atoms in total. The second kappa shape index (κ2) is 5.29. The molecule has 6 heteroatoms. The summed E-state index contributed by atoms with van der Waals surface area (Å²) in [5.74, 6) is 0.0346. The number of thiophene rings is 1. The van der Waals surface area contributed by atoms with Gasteiger partial charge in [0.05, 0.1) is 15.0 Å². The van der Waals surface area contributed by atoms with Crippen molar-refractivity contribution in [2.45, 2.75) is 13.5 Å². The molecule has 0 N–H and O–H groups in total. The molecule has 90 valence electrons. The number of thiazole rings is 1. The lowest BCUT2D eigenvalue weighted by Gasteiger charge is -2.15. The van der Waals surface area contributed by atoms with E-state index >= 15 is 0 Å². The maximum absolute atomic E-state index is 12.1. The molecule has 0 aliphatic carbocycles. The molecule has 0 bridgehead atoms. The van der Waals surface area contributed by atoms with Crippen molar-refractivity contribution in [3.8, 4) is 0 Å². The van der Waals surface area contributed by atoms with Crippen molar-refractivity contribution in [3.05, 3.63) is 36.9 Å². The molecule has 0 fully saturated rings. The minimum Gasteiger partial charge on any atom is -0.337 e. The van der Waals surface area contributed by atoms with Gasteiger partial charge in [-0.05, 0) is 39.9 Å². The maximum Gasteiger partial charge on any atom is 0.265 e. The average Bonchev–Trinajstić information content (AvgIpc) is 2.86. The summed E-state index contributed by atoms with van der Waals surface area (Å²) in [5.41, 5.74) is 3.65. The number of halogens is 1. The van der Waals surface area contributed by atoms with E-state index in [4.69, 9.17) is 0 Å². The Hall–Kier alpha value is -0.720. The Morgan fingerprint density at radius 1 is 1.53 bits per heavy atom. The molecule has 0 atom stereocenters. The summed E-state index contributed by atoms with van der Waals surface area (Å²) in [6.45, 7) is 2.48. The number of carbonyl (C=O) groups excluding carboxylic acids is 1. The predicted molar refractivity (Wildman–Crippen MR) is 74.7 cm³/mol. The third-order valence-electron chi connectivity index (χ3n) is 2.33. The first-order valence-electron chi connectivity index (χ1n) is 4.96. The van der Waals surface area contributed by atoms with Crippen molar-refractivity contribution in [2.24, 2.45) is 0 Å². The lowest BCUT2D eigenvalue weighted by molar-refractivity contribution is 0.0789. The monoisotopic (exact) mass is 330 g/mol. The zero-order valence-electron chi connectivity index (χ0n) is 9.44. The number of amides is 1. The van der Waals surface area contributed by atoms with Crippen LogP contribution in [-0.4, -0.2) is 22.8 Å². The van der Waals surface area contributed by atoms with Crippen LogP contribution in [0.1, 0.15) is 20.9 Å². The van der Waals surface area contributed by atoms with Gasteiger partial charge in [0.2, 0.25) is 0 Å². The Bertz CT molecular complexity index is 535. The first-order chi connectivity index (χ1) is 8.08. The Morgan fingerprint density at radius 2 is 2.29 bits per heavy atom. The van der Waals surface area contributed by atoms with E-state index in [1.807, 2.05) is 25.4 Å². The SMILES string of the molecule is Cc1ncsc1C(=O)N(C)Cc1csc(Br)c1. The molecule has 2 rings (SSSR count). The first-order valence-corrected chi connectivity index (χ1v) is 7.51. The summed E-state index contributed by atoms with van der Waals surface area (Å²) in [6, 6.07) is 2.04. The van der Waals surface area contributed by atoms with E-state index in [9.17, 15) is 4.79 Å². The van der Waals surface area contributed by atoms with Crippen molar-refractivity contribution in [2.75, 3.05) is 7.05 Å². The van der Waals surface area contributed by atoms with Gasteiger partial charge in [0.25, 0.3) is 5.91 Å². The van der Waals surface area contributed by atoms with Crippen molar-refractivity contribution in [1.29, 1.82) is 0 Å². The standard InChI is InChI=1S/C11H11BrN2OS2/c1-7-10(17-6-13-7)11(15)14(2)4-8-3-9(12)16-5-8/h3,5-6H,4H2,1-2H3. The molecule has 0 unspecified atom stereocenters. The Morgan fingerprint density at radius 3 is 2.82 bits per heavy atom. The summed E-state index contributed by atoms with van der Waals surface area (Å²) in [4.78, 5) is 18.7. The molecule has 0 aliphatic heterocycles. The van der Waals surface area contributed by atoms with Gasteiger partial charge in [-0.2, -0.15) is 0 Å². The molecule has 0 radical (unpaired) electrons. The third-order valence-corrected chi connectivity index (χ3v) is 4.80. The third kappa shape index (κ3) is 2.94. The zero-order valence-corrected chi connectivity index (χ0v) is 12.7. The number of aromatic nitrogens is 1. The van der Waals surface area contributed by atoms with E-state index < -0.39 is 0 Å². The van der Waals surface area contributed by atoms with Gasteiger partial charge >= 0.3 is 0 Å². The predicted octanol–water partition coefficient (Wildman–Crippen LogP) is 3.55. The normalized spacial score (nSPS) is 10.5. The van der Waals surface area contributed by atoms with Crippen molar-refractivity contribution in [1.82, 2.24) is 9.88 Å². The van der Waals surface area contributed by atoms with Crippen LogP contribution >= 0.6 is 38.6 Å². The van der Waals surface area contributed by atoms with Crippen molar-refractivity contribution < 1.29 is 4.79 Å². The van der Waals surface area contributed by atoms with Gasteiger partial charge in [-0.1, -0.05) is 0 Å². The summed E-state index contributed by atoms with van der Waals surface area (Å²) in [6.07, 6.45) is 0. The molecule has 17 heavy (non-hydrogen) atoms. The van der Waals surface area contributed by atoms with E-state index in [2.05, 4.69) is 20.9 Å². The number of rotatable bonds is 3. The lowest BCUT2D eigenvalue weighted by atomic mass is 10.3. The van der Waals surface area contributed by atoms with Crippen LogP contribution < -0.4 is 0 Å². The van der Waals surface area contributed by atoms with Gasteiger partial charge < -0.3 is 4.90 Å². The van der Waals surface area contributed by atoms with Crippen LogP contribution in [0, 0.1) is 6.92 Å². The number of aryl methyl sites for hydroxylation is 1. The van der Waals surface area contributed by atoms with Crippen molar-refractivity contribution in [3.63, 3.8) is 0 Å². The molecule has 2 heterocycles. The van der Waals surface area contributed by atoms with Crippen LogP contribution in [-0.2, 0) is 6.54 Å². The minimum atomic E-state index is 0.0346. The Labute approximate surface area is 116 Å². The van der Waals surface area contributed by atoms with Gasteiger partial charge in [0.1, 0.15) is 4.88 Å². The van der Waals surface area contributed by atoms with Gasteiger partial charge in [-0.3, -0.25) is 4.79 Å². The van der Waals surface area contributed by atoms with Crippen LogP contribution in [0.25, 0.3) is 0 Å². The maximum atomic E-state index is 12.1. The van der Waals surface area contributed by atoms with E-state index in [-0.39, 0.29) is 5.91 Å². The number of carbonyl (C=O) groups is 1. The van der Waals surface area contributed by atoms with Gasteiger partial charge in [-0.25, -0.2) is 4.98 Å². The van der Waals surface area contributed by atoms with E-state index in [1.165, 1.54) is 11.3 Å². The molecule has 0 spiro atoms. The largest absolute Gasteiger partial charge is 0.337 e. The van der Waals surface area contributed by atoms with Crippen LogP contribution in [0.5, 0.6) is 0 Å². The first kappa shape index (κ1) is 12.7. The van der Waals surface area contributed by atoms with Crippen LogP contribution in [0.15, 0.2) is 20.7 Å². The molecule has 0 aromatic carbocycles. The number of hydrogen-bond donors (Lipinski definition) is 0. The van der Waals surface area contributed by atoms with E-state index in [0.29, 0.717) is 6.54 Å². The van der Waals surface area contributed by atoms with E-state index in [1.54, 1.807) is 21.7 Å². The molecular formula is C11H11BrN2OS2. The smallest absolute Gasteiger partial charge is 0.265 e. The molecular weight excluding hydrogens is 320 g/mol. The average molecular weight is 331 g/mol. The summed E-state index contributed by atoms with van der Waals surface area (Å²) >= 11 is 6.44. The minimum absolute atomic E-state index is 0.0346. The highest BCUT2D eigenvalue weighted by Gasteiger charge is 2.16. The van der Waals surface area contributed by atoms with Gasteiger partial charge in [0, 0.05) is 13.6 Å². The molecule has 0 aliphatic rings. The second-order valence-electron chi connectivity index (χ2n) is 3.69. The van der Waals surface area contributed by atoms with Crippen molar-refractivity contribution >= 4 is 44.5 Å². The highest BCUT2D eigenvalue weighted by atomic mass is 79.9. The molecule has 0 saturated heterocycles. The summed E-state index contributed by atoms with van der Waals surface area (Å²) in [7, 11) is 1.81. The molecule has 0 saturated carbocycles. The fourth-order valence-corrected chi connectivity index (χ4v) is 3.45.